The highest BCUT2D eigenvalue weighted by molar-refractivity contribution is 7.41. The number of rotatable bonds is 18. The van der Waals surface area contributed by atoms with Gasteiger partial charge in [-0.1, -0.05) is 320 Å². The molecule has 3 nitrogen and oxygen atoms in total. The Morgan fingerprint density at radius 1 is 0.319 bits per heavy atom. The zero-order valence-corrected chi connectivity index (χ0v) is 60.3. The van der Waals surface area contributed by atoms with Gasteiger partial charge in [-0.15, -0.1) is 0 Å². The minimum atomic E-state index is -2.23. The lowest BCUT2D eigenvalue weighted by Gasteiger charge is -2.52. The molecule has 0 radical (unpaired) electrons. The van der Waals surface area contributed by atoms with Gasteiger partial charge in [-0.05, 0) is 196 Å². The average Bonchev–Trinajstić information content (AvgIpc) is 0.739. The van der Waals surface area contributed by atoms with E-state index in [1.165, 1.54) is 141 Å². The number of aryl methyl sites for hydroxylation is 3. The molecule has 4 heteroatoms. The van der Waals surface area contributed by atoms with E-state index in [0.717, 1.165) is 57.8 Å². The first-order valence-electron chi connectivity index (χ1n) is 36.6. The predicted molar refractivity (Wildman–Crippen MR) is 398 cm³/mol. The third kappa shape index (κ3) is 14.1. The zero-order valence-electron chi connectivity index (χ0n) is 59.4. The maximum Gasteiger partial charge on any atom is 0.334 e. The van der Waals surface area contributed by atoms with E-state index in [1.807, 2.05) is 0 Å². The second-order valence-corrected chi connectivity index (χ2v) is 33.6. The SMILES string of the molecule is Cc1ccccc1Cc1ccccc1C1(C2CCCCC2)C=CC(C(C)(C)C)=CC1OP(OC1C=C(C(C)(C)C)C=CC1(c1ccccc1Cc1ccccc1C)C1CCCCC1)OC1C=C(C(C)(C)C)C=CC1(c1ccccc1Cc1ccccc1C)C1CCCCC1. The molecule has 0 spiro atoms. The van der Waals surface area contributed by atoms with Crippen LogP contribution in [0.5, 0.6) is 0 Å². The second-order valence-electron chi connectivity index (χ2n) is 32.5. The van der Waals surface area contributed by atoms with Gasteiger partial charge in [-0.2, -0.15) is 0 Å². The standard InChI is InChI=1S/C90H111O3P/c1-64-34-22-25-37-67(64)58-70-40-28-31-49-79(70)88(73-43-16-13-17-44-73)55-52-76(85(4,5)6)61-82(88)91-94(92-83-62-77(86(7,8)9)53-56-89(83,74-45-18-14-19-46-74)80-50-32-29-41-71(80)59-68-38-26-23-35-65(68)2)93-84-63-78(87(10,11)12)54-57-90(84,75-47-20-15-21-48-75)81-51-33-30-42-72(81)60-69-39-27-24-36-66(69)3/h22-42,49-57,61-63,73-75,82-84H,13-21,43-48,58-60H2,1-12H3. The molecule has 6 aliphatic rings. The Labute approximate surface area is 569 Å². The van der Waals surface area contributed by atoms with Gasteiger partial charge in [0.15, 0.2) is 0 Å². The molecule has 0 aromatic heterocycles. The zero-order chi connectivity index (χ0) is 65.9. The lowest BCUT2D eigenvalue weighted by atomic mass is 9.58. The van der Waals surface area contributed by atoms with Crippen LogP contribution in [-0.2, 0) is 49.1 Å². The van der Waals surface area contributed by atoms with E-state index in [-0.39, 0.29) is 16.2 Å². The van der Waals surface area contributed by atoms with E-state index >= 15 is 0 Å². The number of benzene rings is 6. The van der Waals surface area contributed by atoms with Crippen LogP contribution in [0.1, 0.15) is 225 Å². The molecule has 0 heterocycles. The monoisotopic (exact) mass is 1270 g/mol. The molecule has 6 unspecified atom stereocenters. The Bertz CT molecular complexity index is 3400. The minimum Gasteiger partial charge on any atom is -0.303 e. The van der Waals surface area contributed by atoms with Crippen molar-refractivity contribution in [1.82, 2.24) is 0 Å². The molecule has 94 heavy (non-hydrogen) atoms. The summed E-state index contributed by atoms with van der Waals surface area (Å²) in [4.78, 5) is 0. The maximum atomic E-state index is 8.72. The van der Waals surface area contributed by atoms with Crippen LogP contribution in [0.4, 0.5) is 0 Å². The topological polar surface area (TPSA) is 27.7 Å². The van der Waals surface area contributed by atoms with Crippen LogP contribution in [-0.4, -0.2) is 18.3 Å². The fraction of sp³-hybridized carbons (Fsp3) is 0.467. The van der Waals surface area contributed by atoms with Gasteiger partial charge < -0.3 is 13.6 Å². The molecule has 6 aromatic carbocycles. The van der Waals surface area contributed by atoms with Gasteiger partial charge in [0.2, 0.25) is 0 Å². The minimum absolute atomic E-state index is 0.160. The van der Waals surface area contributed by atoms with Crippen molar-refractivity contribution in [3.63, 3.8) is 0 Å². The van der Waals surface area contributed by atoms with Gasteiger partial charge in [-0.25, -0.2) is 0 Å². The Kier molecular flexibility index (Phi) is 20.7. The first kappa shape index (κ1) is 68.0. The van der Waals surface area contributed by atoms with Crippen molar-refractivity contribution in [2.75, 3.05) is 0 Å². The summed E-state index contributed by atoms with van der Waals surface area (Å²) in [6.45, 7) is 28.3. The Balaban J connectivity index is 1.12. The molecule has 0 amide bonds. The summed E-state index contributed by atoms with van der Waals surface area (Å²) in [5, 5.41) is 0. The highest BCUT2D eigenvalue weighted by Gasteiger charge is 2.55. The summed E-state index contributed by atoms with van der Waals surface area (Å²) in [7, 11) is -2.23. The second kappa shape index (κ2) is 28.6. The molecular weight excluding hydrogens is 1160 g/mol. The van der Waals surface area contributed by atoms with Crippen LogP contribution in [0.15, 0.2) is 217 Å². The van der Waals surface area contributed by atoms with Crippen molar-refractivity contribution in [2.24, 2.45) is 34.0 Å². The lowest BCUT2D eigenvalue weighted by molar-refractivity contribution is 0.0154. The molecule has 0 N–H and O–H groups in total. The molecule has 6 aromatic rings. The first-order valence-corrected chi connectivity index (χ1v) is 37.7. The summed E-state index contributed by atoms with van der Waals surface area (Å²) in [6.07, 6.45) is 42.2. The van der Waals surface area contributed by atoms with Crippen molar-refractivity contribution in [3.8, 4) is 0 Å². The summed E-state index contributed by atoms with van der Waals surface area (Å²) < 4.78 is 26.2. The first-order chi connectivity index (χ1) is 45.2. The molecule has 494 valence electrons. The van der Waals surface area contributed by atoms with Crippen molar-refractivity contribution in [1.29, 1.82) is 0 Å². The van der Waals surface area contributed by atoms with Crippen molar-refractivity contribution >= 4 is 8.60 Å². The van der Waals surface area contributed by atoms with Gasteiger partial charge in [0.05, 0.1) is 18.3 Å². The summed E-state index contributed by atoms with van der Waals surface area (Å²) >= 11 is 0. The summed E-state index contributed by atoms with van der Waals surface area (Å²) in [6, 6.07) is 55.6. The molecule has 3 saturated carbocycles. The van der Waals surface area contributed by atoms with E-state index in [4.69, 9.17) is 13.6 Å². The Morgan fingerprint density at radius 3 is 0.798 bits per heavy atom. The van der Waals surface area contributed by atoms with Crippen LogP contribution in [0.25, 0.3) is 0 Å². The molecule has 6 atom stereocenters. The van der Waals surface area contributed by atoms with E-state index in [2.05, 4.69) is 283 Å². The molecule has 0 saturated heterocycles. The molecule has 6 aliphatic carbocycles. The van der Waals surface area contributed by atoms with Gasteiger partial charge in [0, 0.05) is 16.2 Å². The molecular formula is C90H111O3P. The van der Waals surface area contributed by atoms with E-state index in [1.54, 1.807) is 0 Å². The summed E-state index contributed by atoms with van der Waals surface area (Å²) in [5.41, 5.74) is 18.1. The number of hydrogen-bond acceptors (Lipinski definition) is 3. The maximum absolute atomic E-state index is 8.72. The van der Waals surface area contributed by atoms with Crippen molar-refractivity contribution < 1.29 is 13.6 Å². The van der Waals surface area contributed by atoms with Crippen LogP contribution < -0.4 is 0 Å². The summed E-state index contributed by atoms with van der Waals surface area (Å²) in [5.74, 6) is 0.943. The largest absolute Gasteiger partial charge is 0.334 e. The van der Waals surface area contributed by atoms with Gasteiger partial charge in [-0.3, -0.25) is 0 Å². The van der Waals surface area contributed by atoms with Crippen LogP contribution >= 0.6 is 8.60 Å². The van der Waals surface area contributed by atoms with Crippen LogP contribution in [0.2, 0.25) is 0 Å². The van der Waals surface area contributed by atoms with Crippen molar-refractivity contribution in [2.45, 2.75) is 233 Å². The molecule has 3 fully saturated rings. The third-order valence-electron chi connectivity index (χ3n) is 23.4. The van der Waals surface area contributed by atoms with Gasteiger partial charge in [0.1, 0.15) is 0 Å². The molecule has 0 aliphatic heterocycles. The number of hydrogen-bond donors (Lipinski definition) is 0. The predicted octanol–water partition coefficient (Wildman–Crippen LogP) is 24.2. The smallest absolute Gasteiger partial charge is 0.303 e. The highest BCUT2D eigenvalue weighted by Crippen LogP contribution is 2.62. The average molecular weight is 1270 g/mol. The lowest BCUT2D eigenvalue weighted by Crippen LogP contribution is -2.50. The third-order valence-corrected chi connectivity index (χ3v) is 24.6. The van der Waals surface area contributed by atoms with E-state index in [0.29, 0.717) is 17.8 Å². The van der Waals surface area contributed by atoms with Gasteiger partial charge >= 0.3 is 8.60 Å². The van der Waals surface area contributed by atoms with Crippen LogP contribution in [0, 0.1) is 54.8 Å². The quantitative estimate of drug-likeness (QED) is 0.0803. The van der Waals surface area contributed by atoms with E-state index in [9.17, 15) is 0 Å². The van der Waals surface area contributed by atoms with E-state index < -0.39 is 43.2 Å². The van der Waals surface area contributed by atoms with Crippen molar-refractivity contribution in [3.05, 3.63) is 284 Å². The highest BCUT2D eigenvalue weighted by atomic mass is 31.2. The Hall–Kier alpha value is -5.93. The fourth-order valence-corrected chi connectivity index (χ4v) is 19.2. The normalized spacial score (nSPS) is 25.4. The molecule has 0 bridgehead atoms. The van der Waals surface area contributed by atoms with Gasteiger partial charge in [0.25, 0.3) is 0 Å². The molecule has 12 rings (SSSR count). The Morgan fingerprint density at radius 2 is 0.553 bits per heavy atom. The van der Waals surface area contributed by atoms with Crippen LogP contribution in [0.3, 0.4) is 0 Å². The number of allylic oxidation sites excluding steroid dienone is 6. The fourth-order valence-electron chi connectivity index (χ4n) is 17.8.